The molecule has 2 aromatic heterocycles. The molecule has 13 heavy (non-hydrogen) atoms. The Bertz CT molecular complexity index is 329. The maximum Gasteiger partial charge on any atom is 0.247 e. The molecule has 0 fully saturated rings. The van der Waals surface area contributed by atoms with Crippen molar-refractivity contribution in [1.82, 2.24) is 20.4 Å². The van der Waals surface area contributed by atoms with Crippen LogP contribution in [0.4, 0.5) is 0 Å². The van der Waals surface area contributed by atoms with E-state index in [0.717, 1.165) is 0 Å². The zero-order chi connectivity index (χ0) is 9.36. The SMILES string of the molecule is O=c1cccc[nH]1.c1cnnnc1. The Morgan fingerprint density at radius 2 is 1.85 bits per heavy atom. The van der Waals surface area contributed by atoms with Gasteiger partial charge in [-0.25, -0.2) is 0 Å². The van der Waals surface area contributed by atoms with E-state index in [1.807, 2.05) is 0 Å². The van der Waals surface area contributed by atoms with Crippen molar-refractivity contribution in [2.45, 2.75) is 0 Å². The predicted octanol–water partition coefficient (Wildman–Crippen LogP) is 0.246. The first-order valence-electron chi connectivity index (χ1n) is 3.61. The van der Waals surface area contributed by atoms with Gasteiger partial charge in [-0.1, -0.05) is 6.07 Å². The molecule has 0 saturated heterocycles. The van der Waals surface area contributed by atoms with Crippen molar-refractivity contribution in [2.75, 3.05) is 0 Å². The van der Waals surface area contributed by atoms with Gasteiger partial charge in [-0.3, -0.25) is 4.79 Å². The minimum Gasteiger partial charge on any atom is -0.329 e. The monoisotopic (exact) mass is 176 g/mol. The van der Waals surface area contributed by atoms with Crippen molar-refractivity contribution >= 4 is 0 Å². The van der Waals surface area contributed by atoms with Crippen molar-refractivity contribution < 1.29 is 0 Å². The van der Waals surface area contributed by atoms with E-state index in [9.17, 15) is 4.79 Å². The largest absolute Gasteiger partial charge is 0.329 e. The van der Waals surface area contributed by atoms with Crippen LogP contribution in [-0.4, -0.2) is 20.4 Å². The van der Waals surface area contributed by atoms with Gasteiger partial charge in [0, 0.05) is 12.3 Å². The third-order valence-electron chi connectivity index (χ3n) is 1.09. The molecular weight excluding hydrogens is 168 g/mol. The molecule has 0 aliphatic carbocycles. The van der Waals surface area contributed by atoms with E-state index in [2.05, 4.69) is 20.4 Å². The molecule has 5 nitrogen and oxygen atoms in total. The van der Waals surface area contributed by atoms with E-state index in [-0.39, 0.29) is 5.56 Å². The fourth-order valence-corrected chi connectivity index (χ4v) is 0.582. The van der Waals surface area contributed by atoms with Crippen molar-refractivity contribution in [2.24, 2.45) is 0 Å². The summed E-state index contributed by atoms with van der Waals surface area (Å²) in [5.41, 5.74) is -0.0532. The topological polar surface area (TPSA) is 71.5 Å². The van der Waals surface area contributed by atoms with Crippen LogP contribution in [0.25, 0.3) is 0 Å². The highest BCUT2D eigenvalue weighted by Crippen LogP contribution is 1.67. The Kier molecular flexibility index (Phi) is 3.89. The van der Waals surface area contributed by atoms with Crippen molar-refractivity contribution in [3.05, 3.63) is 53.2 Å². The van der Waals surface area contributed by atoms with E-state index in [1.54, 1.807) is 36.8 Å². The summed E-state index contributed by atoms with van der Waals surface area (Å²) in [6, 6.07) is 6.65. The molecule has 0 atom stereocenters. The molecule has 2 heterocycles. The fraction of sp³-hybridized carbons (Fsp3) is 0. The van der Waals surface area contributed by atoms with Crippen LogP contribution in [0.3, 0.4) is 0 Å². The van der Waals surface area contributed by atoms with Gasteiger partial charge in [0.2, 0.25) is 5.56 Å². The highest BCUT2D eigenvalue weighted by molar-refractivity contribution is 4.89. The molecular formula is C8H8N4O. The highest BCUT2D eigenvalue weighted by Gasteiger charge is 1.69. The van der Waals surface area contributed by atoms with E-state index >= 15 is 0 Å². The Labute approximate surface area is 74.5 Å². The first-order valence-corrected chi connectivity index (χ1v) is 3.61. The molecule has 66 valence electrons. The Hall–Kier alpha value is -2.04. The summed E-state index contributed by atoms with van der Waals surface area (Å²) in [5.74, 6) is 0. The minimum absolute atomic E-state index is 0.0532. The summed E-state index contributed by atoms with van der Waals surface area (Å²) < 4.78 is 0. The number of H-pyrrole nitrogens is 1. The molecule has 0 aliphatic heterocycles. The molecule has 0 aliphatic rings. The molecule has 0 bridgehead atoms. The molecule has 2 aromatic rings. The lowest BCUT2D eigenvalue weighted by Gasteiger charge is -1.73. The summed E-state index contributed by atoms with van der Waals surface area (Å²) >= 11 is 0. The van der Waals surface area contributed by atoms with E-state index in [4.69, 9.17) is 0 Å². The Balaban J connectivity index is 0.000000132. The van der Waals surface area contributed by atoms with Crippen LogP contribution in [0.1, 0.15) is 0 Å². The number of rotatable bonds is 0. The summed E-state index contributed by atoms with van der Waals surface area (Å²) in [6.07, 6.45) is 4.75. The van der Waals surface area contributed by atoms with Crippen molar-refractivity contribution in [3.63, 3.8) is 0 Å². The van der Waals surface area contributed by atoms with Gasteiger partial charge in [0.25, 0.3) is 0 Å². The maximum atomic E-state index is 10.2. The zero-order valence-electron chi connectivity index (χ0n) is 6.79. The van der Waals surface area contributed by atoms with Crippen LogP contribution < -0.4 is 5.56 Å². The summed E-state index contributed by atoms with van der Waals surface area (Å²) in [6.45, 7) is 0. The van der Waals surface area contributed by atoms with Gasteiger partial charge >= 0.3 is 0 Å². The smallest absolute Gasteiger partial charge is 0.247 e. The number of nitrogens with zero attached hydrogens (tertiary/aromatic N) is 3. The van der Waals surface area contributed by atoms with Crippen molar-refractivity contribution in [1.29, 1.82) is 0 Å². The predicted molar refractivity (Wildman–Crippen MR) is 46.9 cm³/mol. The second kappa shape index (κ2) is 5.59. The number of hydrogen-bond donors (Lipinski definition) is 1. The molecule has 1 N–H and O–H groups in total. The first kappa shape index (κ1) is 9.05. The van der Waals surface area contributed by atoms with Gasteiger partial charge < -0.3 is 4.98 Å². The lowest BCUT2D eigenvalue weighted by atomic mass is 10.5. The molecule has 5 heteroatoms. The molecule has 0 radical (unpaired) electrons. The molecule has 0 amide bonds. The highest BCUT2D eigenvalue weighted by atomic mass is 16.1. The van der Waals surface area contributed by atoms with Crippen molar-refractivity contribution in [3.8, 4) is 0 Å². The van der Waals surface area contributed by atoms with Gasteiger partial charge in [0.1, 0.15) is 0 Å². The van der Waals surface area contributed by atoms with Crippen LogP contribution in [0.5, 0.6) is 0 Å². The second-order valence-electron chi connectivity index (χ2n) is 2.04. The summed E-state index contributed by atoms with van der Waals surface area (Å²) in [4.78, 5) is 12.7. The lowest BCUT2D eigenvalue weighted by molar-refractivity contribution is 0.865. The third kappa shape index (κ3) is 4.41. The van der Waals surface area contributed by atoms with Crippen LogP contribution in [0.15, 0.2) is 47.7 Å². The maximum absolute atomic E-state index is 10.2. The summed E-state index contributed by atoms with van der Waals surface area (Å²) in [7, 11) is 0. The average molecular weight is 176 g/mol. The second-order valence-corrected chi connectivity index (χ2v) is 2.04. The van der Waals surface area contributed by atoms with E-state index < -0.39 is 0 Å². The Morgan fingerprint density at radius 3 is 2.08 bits per heavy atom. The quantitative estimate of drug-likeness (QED) is 0.624. The molecule has 0 spiro atoms. The fourth-order valence-electron chi connectivity index (χ4n) is 0.582. The van der Waals surface area contributed by atoms with Gasteiger partial charge in [-0.2, -0.15) is 0 Å². The molecule has 0 aromatic carbocycles. The zero-order valence-corrected chi connectivity index (χ0v) is 6.79. The molecule has 0 saturated carbocycles. The Morgan fingerprint density at radius 1 is 1.08 bits per heavy atom. The average Bonchev–Trinajstić information content (AvgIpc) is 2.22. The lowest BCUT2D eigenvalue weighted by Crippen LogP contribution is -1.98. The molecule has 2 rings (SSSR count). The number of pyridine rings is 1. The standard InChI is InChI=1S/C5H5NO.C3H3N3/c7-5-3-1-2-4-6-5;1-2-4-6-5-3-1/h1-4H,(H,6,7);1-3H. The normalized spacial score (nSPS) is 8.31. The van der Waals surface area contributed by atoms with Gasteiger partial charge in [0.15, 0.2) is 0 Å². The number of aromatic nitrogens is 4. The minimum atomic E-state index is -0.0532. The number of hydrogen-bond acceptors (Lipinski definition) is 4. The van der Waals surface area contributed by atoms with E-state index in [1.165, 1.54) is 6.07 Å². The first-order chi connectivity index (χ1) is 6.39. The van der Waals surface area contributed by atoms with Crippen LogP contribution >= 0.6 is 0 Å². The number of nitrogens with one attached hydrogen (secondary N) is 1. The van der Waals surface area contributed by atoms with Gasteiger partial charge in [-0.05, 0) is 17.3 Å². The third-order valence-corrected chi connectivity index (χ3v) is 1.09. The summed E-state index contributed by atoms with van der Waals surface area (Å²) in [5, 5.41) is 10.1. The van der Waals surface area contributed by atoms with Gasteiger partial charge in [0.05, 0.1) is 12.4 Å². The molecule has 0 unspecified atom stereocenters. The van der Waals surface area contributed by atoms with Gasteiger partial charge in [-0.15, -0.1) is 10.2 Å². The number of aromatic amines is 1. The van der Waals surface area contributed by atoms with Crippen LogP contribution in [0, 0.1) is 0 Å². The van der Waals surface area contributed by atoms with Crippen LogP contribution in [0.2, 0.25) is 0 Å². The van der Waals surface area contributed by atoms with Crippen LogP contribution in [-0.2, 0) is 0 Å². The van der Waals surface area contributed by atoms with E-state index in [0.29, 0.717) is 0 Å².